The van der Waals surface area contributed by atoms with Crippen LogP contribution in [0.4, 0.5) is 0 Å². The number of methoxy groups -OCH3 is 1. The summed E-state index contributed by atoms with van der Waals surface area (Å²) < 4.78 is 34.7. The fourth-order valence-corrected chi connectivity index (χ4v) is 4.38. The van der Waals surface area contributed by atoms with E-state index < -0.39 is 22.0 Å². The first-order valence-electron chi connectivity index (χ1n) is 7.90. The highest BCUT2D eigenvalue weighted by atomic mass is 32.2. The fourth-order valence-electron chi connectivity index (χ4n) is 3.05. The molecule has 0 saturated heterocycles. The molecule has 0 saturated carbocycles. The molecule has 0 radical (unpaired) electrons. The molecule has 26 heavy (non-hydrogen) atoms. The van der Waals surface area contributed by atoms with Crippen LogP contribution >= 0.6 is 0 Å². The number of carbonyl (C=O) groups is 1. The molecule has 1 heterocycles. The molecule has 0 aliphatic rings. The zero-order valence-corrected chi connectivity index (χ0v) is 16.4. The Morgan fingerprint density at radius 2 is 1.77 bits per heavy atom. The Labute approximate surface area is 152 Å². The van der Waals surface area contributed by atoms with Crippen molar-refractivity contribution in [1.82, 2.24) is 14.5 Å². The second-order valence-electron chi connectivity index (χ2n) is 6.19. The summed E-state index contributed by atoms with van der Waals surface area (Å²) in [4.78, 5) is 11.8. The summed E-state index contributed by atoms with van der Waals surface area (Å²) in [5.74, 6) is -0.701. The number of sulfonamides is 1. The van der Waals surface area contributed by atoms with Gasteiger partial charge < -0.3 is 9.84 Å². The molecular weight excluding hydrogens is 358 g/mol. The minimum Gasteiger partial charge on any atom is -0.496 e. The zero-order valence-electron chi connectivity index (χ0n) is 15.6. The van der Waals surface area contributed by atoms with Gasteiger partial charge in [-0.1, -0.05) is 0 Å². The van der Waals surface area contributed by atoms with Gasteiger partial charge in [0.2, 0.25) is 10.0 Å². The Kier molecular flexibility index (Phi) is 5.43. The summed E-state index contributed by atoms with van der Waals surface area (Å²) in [6.45, 7) is 6.80. The summed E-state index contributed by atoms with van der Waals surface area (Å²) in [7, 11) is -0.884. The Morgan fingerprint density at radius 3 is 2.15 bits per heavy atom. The van der Waals surface area contributed by atoms with Gasteiger partial charge in [0, 0.05) is 18.3 Å². The molecule has 0 fully saturated rings. The molecule has 0 aliphatic heterocycles. The number of carboxylic acids is 1. The van der Waals surface area contributed by atoms with Gasteiger partial charge in [0.25, 0.3) is 0 Å². The molecule has 8 nitrogen and oxygen atoms in total. The smallest absolute Gasteiger partial charge is 0.326 e. The van der Waals surface area contributed by atoms with Crippen LogP contribution in [0.5, 0.6) is 5.75 Å². The van der Waals surface area contributed by atoms with Crippen molar-refractivity contribution in [1.29, 1.82) is 0 Å². The van der Waals surface area contributed by atoms with E-state index in [-0.39, 0.29) is 4.90 Å². The lowest BCUT2D eigenvalue weighted by Gasteiger charge is -2.17. The van der Waals surface area contributed by atoms with Crippen molar-refractivity contribution in [2.45, 2.75) is 38.6 Å². The second kappa shape index (κ2) is 7.08. The quantitative estimate of drug-likeness (QED) is 0.789. The molecule has 2 N–H and O–H groups in total. The van der Waals surface area contributed by atoms with E-state index in [2.05, 4.69) is 9.82 Å². The van der Waals surface area contributed by atoms with Crippen molar-refractivity contribution in [2.24, 2.45) is 7.05 Å². The number of rotatable bonds is 6. The van der Waals surface area contributed by atoms with Crippen molar-refractivity contribution in [3.8, 4) is 5.75 Å². The standard InChI is InChI=1S/C17H23N3O5S/c1-9-7-13(8-10(2)16(9)25-6)26(23,24)19-15(17(21)22)14-11(3)18-20(5)12(14)4/h7-8,15,19H,1-6H3,(H,21,22). The number of nitrogens with one attached hydrogen (secondary N) is 1. The van der Waals surface area contributed by atoms with Gasteiger partial charge in [-0.15, -0.1) is 0 Å². The molecule has 0 aliphatic carbocycles. The predicted molar refractivity (Wildman–Crippen MR) is 95.8 cm³/mol. The molecule has 2 rings (SSSR count). The van der Waals surface area contributed by atoms with Crippen LogP contribution in [0.15, 0.2) is 17.0 Å². The highest BCUT2D eigenvalue weighted by molar-refractivity contribution is 7.89. The number of nitrogens with zero attached hydrogens (tertiary/aromatic N) is 2. The summed E-state index contributed by atoms with van der Waals surface area (Å²) in [5.41, 5.74) is 2.68. The number of aromatic nitrogens is 2. The van der Waals surface area contributed by atoms with Crippen LogP contribution in [-0.4, -0.2) is 36.4 Å². The van der Waals surface area contributed by atoms with Crippen molar-refractivity contribution in [2.75, 3.05) is 7.11 Å². The summed E-state index contributed by atoms with van der Waals surface area (Å²) in [6, 6.07) is 1.47. The van der Waals surface area contributed by atoms with Crippen LogP contribution in [0.2, 0.25) is 0 Å². The van der Waals surface area contributed by atoms with Gasteiger partial charge in [-0.25, -0.2) is 8.42 Å². The van der Waals surface area contributed by atoms with Crippen LogP contribution in [0, 0.1) is 27.7 Å². The molecule has 0 amide bonds. The van der Waals surface area contributed by atoms with E-state index in [1.807, 2.05) is 0 Å². The summed E-state index contributed by atoms with van der Waals surface area (Å²) in [6.07, 6.45) is 0. The lowest BCUT2D eigenvalue weighted by molar-refractivity contribution is -0.139. The SMILES string of the molecule is COc1c(C)cc(S(=O)(=O)NC(C(=O)O)c2c(C)nn(C)c2C)cc1C. The Morgan fingerprint density at radius 1 is 1.23 bits per heavy atom. The number of hydrogen-bond donors (Lipinski definition) is 2. The monoisotopic (exact) mass is 381 g/mol. The topological polar surface area (TPSA) is 111 Å². The minimum atomic E-state index is -4.07. The second-order valence-corrected chi connectivity index (χ2v) is 7.90. The van der Waals surface area contributed by atoms with Crippen molar-refractivity contribution in [3.63, 3.8) is 0 Å². The number of benzene rings is 1. The minimum absolute atomic E-state index is 0.0150. The molecule has 1 atom stereocenters. The maximum atomic E-state index is 12.8. The number of hydrogen-bond acceptors (Lipinski definition) is 5. The van der Waals surface area contributed by atoms with Gasteiger partial charge >= 0.3 is 5.97 Å². The maximum Gasteiger partial charge on any atom is 0.326 e. The predicted octanol–water partition coefficient (Wildman–Crippen LogP) is 1.77. The van der Waals surface area contributed by atoms with E-state index >= 15 is 0 Å². The maximum absolute atomic E-state index is 12.8. The van der Waals surface area contributed by atoms with Gasteiger partial charge in [-0.05, 0) is 51.0 Å². The average molecular weight is 381 g/mol. The van der Waals surface area contributed by atoms with Crippen molar-refractivity contribution < 1.29 is 23.1 Å². The lowest BCUT2D eigenvalue weighted by atomic mass is 10.1. The number of aryl methyl sites for hydroxylation is 4. The molecule has 9 heteroatoms. The Bertz CT molecular complexity index is 940. The molecule has 1 aromatic heterocycles. The molecule has 2 aromatic rings. The van der Waals surface area contributed by atoms with Crippen LogP contribution in [0.25, 0.3) is 0 Å². The van der Waals surface area contributed by atoms with Crippen LogP contribution in [0.1, 0.15) is 34.1 Å². The highest BCUT2D eigenvalue weighted by Crippen LogP contribution is 2.28. The van der Waals surface area contributed by atoms with E-state index in [0.717, 1.165) is 0 Å². The van der Waals surface area contributed by atoms with Crippen LogP contribution in [-0.2, 0) is 21.9 Å². The zero-order chi connectivity index (χ0) is 19.8. The van der Waals surface area contributed by atoms with E-state index in [1.54, 1.807) is 34.7 Å². The van der Waals surface area contributed by atoms with Gasteiger partial charge in [0.1, 0.15) is 11.8 Å². The third-order valence-electron chi connectivity index (χ3n) is 4.32. The van der Waals surface area contributed by atoms with E-state index in [9.17, 15) is 18.3 Å². The van der Waals surface area contributed by atoms with Crippen molar-refractivity contribution in [3.05, 3.63) is 40.2 Å². The fraction of sp³-hybridized carbons (Fsp3) is 0.412. The van der Waals surface area contributed by atoms with Gasteiger partial charge in [0.15, 0.2) is 0 Å². The molecule has 0 bridgehead atoms. The van der Waals surface area contributed by atoms with E-state index in [1.165, 1.54) is 23.9 Å². The molecule has 1 unspecified atom stereocenters. The molecule has 142 valence electrons. The van der Waals surface area contributed by atoms with E-state index in [0.29, 0.717) is 33.8 Å². The lowest BCUT2D eigenvalue weighted by Crippen LogP contribution is -2.34. The van der Waals surface area contributed by atoms with Crippen molar-refractivity contribution >= 4 is 16.0 Å². The number of aliphatic carboxylic acids is 1. The molecule has 1 aromatic carbocycles. The third kappa shape index (κ3) is 3.58. The number of carboxylic acid groups (broad SMARTS) is 1. The highest BCUT2D eigenvalue weighted by Gasteiger charge is 2.31. The van der Waals surface area contributed by atoms with Gasteiger partial charge in [0.05, 0.1) is 17.7 Å². The summed E-state index contributed by atoms with van der Waals surface area (Å²) in [5, 5.41) is 13.8. The first kappa shape index (κ1) is 19.9. The van der Waals surface area contributed by atoms with Gasteiger partial charge in [-0.2, -0.15) is 9.82 Å². The Balaban J connectivity index is 2.50. The average Bonchev–Trinajstić information content (AvgIpc) is 2.77. The first-order valence-corrected chi connectivity index (χ1v) is 9.38. The van der Waals surface area contributed by atoms with Crippen LogP contribution < -0.4 is 9.46 Å². The molecular formula is C17H23N3O5S. The third-order valence-corrected chi connectivity index (χ3v) is 5.72. The number of ether oxygens (including phenoxy) is 1. The normalized spacial score (nSPS) is 12.8. The first-order chi connectivity index (χ1) is 12.0. The van der Waals surface area contributed by atoms with Crippen LogP contribution in [0.3, 0.4) is 0 Å². The molecule has 0 spiro atoms. The summed E-state index contributed by atoms with van der Waals surface area (Å²) >= 11 is 0. The van der Waals surface area contributed by atoms with Gasteiger partial charge in [-0.3, -0.25) is 9.48 Å². The Hall–Kier alpha value is -2.39. The van der Waals surface area contributed by atoms with E-state index in [4.69, 9.17) is 4.74 Å². The largest absolute Gasteiger partial charge is 0.496 e.